The van der Waals surface area contributed by atoms with E-state index in [1.54, 1.807) is 23.4 Å². The first-order valence-electron chi connectivity index (χ1n) is 12.5. The van der Waals surface area contributed by atoms with Crippen LogP contribution in [-0.4, -0.2) is 45.0 Å². The topological polar surface area (TPSA) is 42.4 Å². The van der Waals surface area contributed by atoms with Gasteiger partial charge in [-0.3, -0.25) is 4.90 Å². The minimum absolute atomic E-state index is 0.181. The Hall–Kier alpha value is -3.62. The third-order valence-corrected chi connectivity index (χ3v) is 9.27. The van der Waals surface area contributed by atoms with Crippen LogP contribution in [0.3, 0.4) is 0 Å². The molecule has 0 N–H and O–H groups in total. The molecule has 9 heteroatoms. The van der Waals surface area contributed by atoms with Gasteiger partial charge in [-0.2, -0.15) is 10.1 Å². The van der Waals surface area contributed by atoms with Gasteiger partial charge in [-0.05, 0) is 54.5 Å². The summed E-state index contributed by atoms with van der Waals surface area (Å²) in [6.45, 7) is 2.94. The first kappa shape index (κ1) is 24.7. The van der Waals surface area contributed by atoms with E-state index in [0.29, 0.717) is 23.9 Å². The first-order valence-corrected chi connectivity index (χ1v) is 14.5. The molecule has 1 aliphatic carbocycles. The number of fused-ring (bicyclic) bond motifs is 4. The number of allylic oxidation sites excluding steroid dienone is 2. The van der Waals surface area contributed by atoms with Crippen molar-refractivity contribution in [1.29, 1.82) is 0 Å². The maximum absolute atomic E-state index is 14.0. The van der Waals surface area contributed by atoms with Gasteiger partial charge in [0.15, 0.2) is 5.82 Å². The van der Waals surface area contributed by atoms with Gasteiger partial charge in [-0.15, -0.1) is 10.5 Å². The molecule has 6 nitrogen and oxygen atoms in total. The zero-order valence-electron chi connectivity index (χ0n) is 21.1. The Morgan fingerprint density at radius 2 is 1.95 bits per heavy atom. The molecule has 2 aromatic carbocycles. The van der Waals surface area contributed by atoms with Crippen LogP contribution in [0.5, 0.6) is 0 Å². The standard InChI is InChI=1S/C29H27ClFN5OS/c1-3-15-33(16-20-11-13-21(31)14-12-20)29(37)36-27-18-34(25-9-5-4-8-24(25)30)17-23-22-7-6-10-26(22)38(2)28(23)35(27)19-32-36/h4-6,8-14,17-19H,3,7,15-16H2,1-2H3. The molecule has 38 heavy (non-hydrogen) atoms. The van der Waals surface area contributed by atoms with E-state index in [9.17, 15) is 9.18 Å². The number of halogens is 2. The van der Waals surface area contributed by atoms with Gasteiger partial charge < -0.3 is 9.80 Å². The van der Waals surface area contributed by atoms with Gasteiger partial charge in [0.05, 0.1) is 21.9 Å². The van der Waals surface area contributed by atoms with Crippen LogP contribution in [0.4, 0.5) is 14.9 Å². The van der Waals surface area contributed by atoms with Crippen LogP contribution < -0.4 is 4.90 Å². The number of carbonyl (C=O) groups is 1. The molecule has 194 valence electrons. The van der Waals surface area contributed by atoms with E-state index >= 15 is 0 Å². The van der Waals surface area contributed by atoms with Crippen LogP contribution in [-0.2, 0) is 6.54 Å². The van der Waals surface area contributed by atoms with Crippen LogP contribution in [0.2, 0.25) is 5.02 Å². The van der Waals surface area contributed by atoms with E-state index in [0.717, 1.165) is 34.7 Å². The molecule has 0 bridgehead atoms. The molecule has 1 unspecified atom stereocenters. The van der Waals surface area contributed by atoms with Crippen molar-refractivity contribution in [3.63, 3.8) is 0 Å². The van der Waals surface area contributed by atoms with Crippen molar-refractivity contribution in [2.45, 2.75) is 26.3 Å². The van der Waals surface area contributed by atoms with Crippen molar-refractivity contribution in [2.75, 3.05) is 17.7 Å². The molecular formula is C29H27ClFN5OS. The third-order valence-electron chi connectivity index (χ3n) is 6.91. The molecule has 0 aromatic heterocycles. The number of hydrazone groups is 1. The number of rotatable bonds is 5. The van der Waals surface area contributed by atoms with E-state index in [1.807, 2.05) is 47.2 Å². The molecule has 0 saturated heterocycles. The van der Waals surface area contributed by atoms with Crippen molar-refractivity contribution >= 4 is 45.1 Å². The van der Waals surface area contributed by atoms with Crippen molar-refractivity contribution in [2.24, 2.45) is 5.10 Å². The summed E-state index contributed by atoms with van der Waals surface area (Å²) >= 11 is 6.64. The number of carbonyl (C=O) groups excluding carboxylic acids is 1. The molecule has 0 spiro atoms. The molecular weight excluding hydrogens is 521 g/mol. The van der Waals surface area contributed by atoms with Crippen LogP contribution in [0.1, 0.15) is 25.3 Å². The minimum atomic E-state index is -0.299. The van der Waals surface area contributed by atoms with Crippen LogP contribution >= 0.6 is 22.1 Å². The second-order valence-electron chi connectivity index (χ2n) is 9.40. The molecule has 1 atom stereocenters. The predicted octanol–water partition coefficient (Wildman–Crippen LogP) is 6.83. The quantitative estimate of drug-likeness (QED) is 0.385. The fourth-order valence-corrected chi connectivity index (χ4v) is 7.37. The number of anilines is 1. The average molecular weight is 548 g/mol. The average Bonchev–Trinajstić information content (AvgIpc) is 3.59. The summed E-state index contributed by atoms with van der Waals surface area (Å²) in [4.78, 5) is 22.2. The smallest absolute Gasteiger partial charge is 0.318 e. The summed E-state index contributed by atoms with van der Waals surface area (Å²) in [5, 5.41) is 6.67. The van der Waals surface area contributed by atoms with Crippen molar-refractivity contribution < 1.29 is 9.18 Å². The highest BCUT2D eigenvalue weighted by Gasteiger charge is 2.40. The number of amides is 2. The Bertz CT molecular complexity index is 1510. The number of hydrogen-bond acceptors (Lipinski definition) is 4. The maximum Gasteiger partial charge on any atom is 0.347 e. The summed E-state index contributed by atoms with van der Waals surface area (Å²) in [6, 6.07) is 13.7. The Balaban J connectivity index is 1.40. The number of urea groups is 1. The van der Waals surface area contributed by atoms with Crippen molar-refractivity contribution in [3.05, 3.63) is 111 Å². The highest BCUT2D eigenvalue weighted by Crippen LogP contribution is 2.48. The highest BCUT2D eigenvalue weighted by atomic mass is 35.5. The van der Waals surface area contributed by atoms with Gasteiger partial charge in [0.2, 0.25) is 0 Å². The summed E-state index contributed by atoms with van der Waals surface area (Å²) < 4.78 is 13.5. The van der Waals surface area contributed by atoms with E-state index in [4.69, 9.17) is 11.6 Å². The van der Waals surface area contributed by atoms with E-state index in [1.165, 1.54) is 27.6 Å². The van der Waals surface area contributed by atoms with Gasteiger partial charge in [0.1, 0.15) is 12.2 Å². The zero-order valence-corrected chi connectivity index (χ0v) is 22.7. The number of hydrogen-bond donors (Lipinski definition) is 0. The monoisotopic (exact) mass is 547 g/mol. The lowest BCUT2D eigenvalue weighted by Crippen LogP contribution is -2.41. The molecule has 0 saturated carbocycles. The van der Waals surface area contributed by atoms with Crippen molar-refractivity contribution in [3.8, 4) is 0 Å². The number of nitrogens with zero attached hydrogens (tertiary/aromatic N) is 5. The van der Waals surface area contributed by atoms with Gasteiger partial charge in [-0.25, -0.2) is 9.18 Å². The molecule has 2 aromatic rings. The Labute approximate surface area is 229 Å². The second-order valence-corrected chi connectivity index (χ2v) is 11.7. The number of benzene rings is 2. The summed E-state index contributed by atoms with van der Waals surface area (Å²) in [5.41, 5.74) is 4.12. The summed E-state index contributed by atoms with van der Waals surface area (Å²) in [5.74, 6) is 0.341. The molecule has 3 heterocycles. The van der Waals surface area contributed by atoms with E-state index in [-0.39, 0.29) is 22.3 Å². The van der Waals surface area contributed by atoms with Crippen LogP contribution in [0.15, 0.2) is 100 Å². The maximum atomic E-state index is 14.0. The SMILES string of the molecule is CCCN(Cc1ccc(F)cc1)C(=O)N1N=CN2C1=CN(c1ccccc1Cl)C=C1C3=C(C=CC3)S(C)=C12. The van der Waals surface area contributed by atoms with Crippen LogP contribution in [0.25, 0.3) is 0 Å². The number of para-hydroxylation sites is 1. The predicted molar refractivity (Wildman–Crippen MR) is 154 cm³/mol. The molecule has 4 aliphatic rings. The summed E-state index contributed by atoms with van der Waals surface area (Å²) in [6.07, 6.45) is 14.1. The van der Waals surface area contributed by atoms with Crippen LogP contribution in [0, 0.1) is 5.82 Å². The third kappa shape index (κ3) is 4.18. The lowest BCUT2D eigenvalue weighted by Gasteiger charge is -2.29. The molecule has 6 rings (SSSR count). The molecule has 2 amide bonds. The van der Waals surface area contributed by atoms with Gasteiger partial charge in [-0.1, -0.05) is 54.9 Å². The second kappa shape index (κ2) is 9.93. The summed E-state index contributed by atoms with van der Waals surface area (Å²) in [7, 11) is -0.181. The first-order chi connectivity index (χ1) is 18.5. The van der Waals surface area contributed by atoms with Gasteiger partial charge >= 0.3 is 6.03 Å². The largest absolute Gasteiger partial charge is 0.347 e. The zero-order chi connectivity index (χ0) is 26.4. The fourth-order valence-electron chi connectivity index (χ4n) is 5.12. The fraction of sp³-hybridized carbons (Fsp3) is 0.207. The molecule has 0 radical (unpaired) electrons. The normalized spacial score (nSPS) is 19.4. The lowest BCUT2D eigenvalue weighted by molar-refractivity contribution is 0.162. The Morgan fingerprint density at radius 1 is 1.16 bits per heavy atom. The minimum Gasteiger partial charge on any atom is -0.318 e. The van der Waals surface area contributed by atoms with E-state index < -0.39 is 0 Å². The van der Waals surface area contributed by atoms with E-state index in [2.05, 4.69) is 29.7 Å². The lowest BCUT2D eigenvalue weighted by atomic mass is 10.1. The Morgan fingerprint density at radius 3 is 2.71 bits per heavy atom. The van der Waals surface area contributed by atoms with Gasteiger partial charge in [0, 0.05) is 29.8 Å². The highest BCUT2D eigenvalue weighted by molar-refractivity contribution is 8.19. The Kier molecular flexibility index (Phi) is 6.45. The van der Waals surface area contributed by atoms with Crippen molar-refractivity contribution in [1.82, 2.24) is 14.8 Å². The van der Waals surface area contributed by atoms with Gasteiger partial charge in [0.25, 0.3) is 0 Å². The molecule has 0 fully saturated rings. The molecule has 3 aliphatic heterocycles.